The minimum atomic E-state index is 0.335. The average molecular weight is 166 g/mol. The van der Waals surface area contributed by atoms with Gasteiger partial charge in [0.15, 0.2) is 0 Å². The maximum absolute atomic E-state index is 5.68. The van der Waals surface area contributed by atoms with E-state index in [1.54, 1.807) is 0 Å². The fourth-order valence-corrected chi connectivity index (χ4v) is 1.45. The molecule has 1 aromatic rings. The SMILES string of the molecule is Cc1cnc(N2CC(N)C2)n1C. The second-order valence-electron chi connectivity index (χ2n) is 3.42. The van der Waals surface area contributed by atoms with Crippen molar-refractivity contribution in [2.45, 2.75) is 13.0 Å². The molecule has 1 aliphatic heterocycles. The topological polar surface area (TPSA) is 47.1 Å². The summed E-state index contributed by atoms with van der Waals surface area (Å²) in [4.78, 5) is 6.50. The smallest absolute Gasteiger partial charge is 0.205 e. The summed E-state index contributed by atoms with van der Waals surface area (Å²) in [6.07, 6.45) is 1.89. The summed E-state index contributed by atoms with van der Waals surface area (Å²) in [5.74, 6) is 1.04. The summed E-state index contributed by atoms with van der Waals surface area (Å²) >= 11 is 0. The van der Waals surface area contributed by atoms with E-state index < -0.39 is 0 Å². The summed E-state index contributed by atoms with van der Waals surface area (Å²) in [6, 6.07) is 0.335. The highest BCUT2D eigenvalue weighted by atomic mass is 15.3. The zero-order valence-corrected chi connectivity index (χ0v) is 7.49. The molecule has 1 fully saturated rings. The van der Waals surface area contributed by atoms with Crippen molar-refractivity contribution in [3.63, 3.8) is 0 Å². The summed E-state index contributed by atoms with van der Waals surface area (Å²) in [5.41, 5.74) is 6.87. The molecule has 2 N–H and O–H groups in total. The van der Waals surface area contributed by atoms with E-state index in [9.17, 15) is 0 Å². The number of nitrogens with zero attached hydrogens (tertiary/aromatic N) is 3. The Balaban J connectivity index is 2.18. The van der Waals surface area contributed by atoms with Gasteiger partial charge in [-0.3, -0.25) is 0 Å². The minimum absolute atomic E-state index is 0.335. The van der Waals surface area contributed by atoms with Gasteiger partial charge in [0, 0.05) is 31.9 Å². The number of rotatable bonds is 1. The van der Waals surface area contributed by atoms with Crippen molar-refractivity contribution < 1.29 is 0 Å². The number of imidazole rings is 1. The lowest BCUT2D eigenvalue weighted by Crippen LogP contribution is -2.56. The van der Waals surface area contributed by atoms with Gasteiger partial charge in [0.1, 0.15) is 0 Å². The number of hydrogen-bond acceptors (Lipinski definition) is 3. The zero-order valence-electron chi connectivity index (χ0n) is 7.49. The lowest BCUT2D eigenvalue weighted by atomic mass is 10.1. The fraction of sp³-hybridized carbons (Fsp3) is 0.625. The van der Waals surface area contributed by atoms with Crippen LogP contribution in [0.25, 0.3) is 0 Å². The Hall–Kier alpha value is -1.03. The van der Waals surface area contributed by atoms with E-state index in [2.05, 4.69) is 21.4 Å². The van der Waals surface area contributed by atoms with Crippen molar-refractivity contribution >= 4 is 5.95 Å². The van der Waals surface area contributed by atoms with Crippen molar-refractivity contribution in [1.82, 2.24) is 9.55 Å². The Bertz CT molecular complexity index is 285. The number of aromatic nitrogens is 2. The highest BCUT2D eigenvalue weighted by molar-refractivity contribution is 5.37. The highest BCUT2D eigenvalue weighted by Crippen LogP contribution is 2.18. The van der Waals surface area contributed by atoms with Gasteiger partial charge in [0.25, 0.3) is 0 Å². The molecule has 0 aliphatic carbocycles. The number of aryl methyl sites for hydroxylation is 1. The molecule has 1 aromatic heterocycles. The van der Waals surface area contributed by atoms with Crippen molar-refractivity contribution in [3.8, 4) is 0 Å². The van der Waals surface area contributed by atoms with Gasteiger partial charge < -0.3 is 15.2 Å². The molecule has 2 rings (SSSR count). The molecule has 1 saturated heterocycles. The summed E-state index contributed by atoms with van der Waals surface area (Å²) in [5, 5.41) is 0. The molecular formula is C8H14N4. The molecule has 2 heterocycles. The van der Waals surface area contributed by atoms with Gasteiger partial charge in [-0.1, -0.05) is 0 Å². The van der Waals surface area contributed by atoms with Gasteiger partial charge in [0.2, 0.25) is 5.95 Å². The largest absolute Gasteiger partial charge is 0.339 e. The Morgan fingerprint density at radius 1 is 1.58 bits per heavy atom. The van der Waals surface area contributed by atoms with Gasteiger partial charge in [-0.2, -0.15) is 0 Å². The average Bonchev–Trinajstić information content (AvgIpc) is 2.28. The lowest BCUT2D eigenvalue weighted by Gasteiger charge is -2.37. The standard InChI is InChI=1S/C8H14N4/c1-6-3-10-8(11(6)2)12-4-7(9)5-12/h3,7H,4-5,9H2,1-2H3. The van der Waals surface area contributed by atoms with Gasteiger partial charge >= 0.3 is 0 Å². The first-order chi connectivity index (χ1) is 5.68. The van der Waals surface area contributed by atoms with Gasteiger partial charge in [-0.05, 0) is 6.92 Å². The predicted molar refractivity (Wildman–Crippen MR) is 48.1 cm³/mol. The molecular weight excluding hydrogens is 152 g/mol. The molecule has 66 valence electrons. The molecule has 0 aromatic carbocycles. The first-order valence-corrected chi connectivity index (χ1v) is 4.17. The van der Waals surface area contributed by atoms with Crippen molar-refractivity contribution in [1.29, 1.82) is 0 Å². The van der Waals surface area contributed by atoms with E-state index in [0.717, 1.165) is 19.0 Å². The summed E-state index contributed by atoms with van der Waals surface area (Å²) in [7, 11) is 2.03. The first kappa shape index (κ1) is 7.61. The van der Waals surface area contributed by atoms with Crippen LogP contribution in [0.5, 0.6) is 0 Å². The van der Waals surface area contributed by atoms with Gasteiger partial charge in [0.05, 0.1) is 6.20 Å². The maximum Gasteiger partial charge on any atom is 0.205 e. The summed E-state index contributed by atoms with van der Waals surface area (Å²) in [6.45, 7) is 3.92. The van der Waals surface area contributed by atoms with Crippen molar-refractivity contribution in [2.24, 2.45) is 12.8 Å². The normalized spacial score (nSPS) is 18.1. The van der Waals surface area contributed by atoms with E-state index >= 15 is 0 Å². The van der Waals surface area contributed by atoms with Gasteiger partial charge in [-0.25, -0.2) is 4.98 Å². The quantitative estimate of drug-likeness (QED) is 0.632. The monoisotopic (exact) mass is 166 g/mol. The third-order valence-electron chi connectivity index (χ3n) is 2.39. The molecule has 1 aliphatic rings. The molecule has 0 radical (unpaired) electrons. The third kappa shape index (κ3) is 0.992. The molecule has 0 atom stereocenters. The minimum Gasteiger partial charge on any atom is -0.339 e. The van der Waals surface area contributed by atoms with Crippen LogP contribution in [0.2, 0.25) is 0 Å². The third-order valence-corrected chi connectivity index (χ3v) is 2.39. The zero-order chi connectivity index (χ0) is 8.72. The molecule has 12 heavy (non-hydrogen) atoms. The molecule has 0 spiro atoms. The fourth-order valence-electron chi connectivity index (χ4n) is 1.45. The van der Waals surface area contributed by atoms with Crippen LogP contribution in [0.3, 0.4) is 0 Å². The Kier molecular flexibility index (Phi) is 1.58. The molecule has 0 unspecified atom stereocenters. The van der Waals surface area contributed by atoms with Crippen LogP contribution in [0.1, 0.15) is 5.69 Å². The van der Waals surface area contributed by atoms with E-state index in [-0.39, 0.29) is 0 Å². The van der Waals surface area contributed by atoms with E-state index in [0.29, 0.717) is 6.04 Å². The Labute approximate surface area is 72.0 Å². The van der Waals surface area contributed by atoms with Crippen LogP contribution < -0.4 is 10.6 Å². The Morgan fingerprint density at radius 3 is 2.67 bits per heavy atom. The Morgan fingerprint density at radius 2 is 2.25 bits per heavy atom. The van der Waals surface area contributed by atoms with Crippen LogP contribution >= 0.6 is 0 Å². The highest BCUT2D eigenvalue weighted by Gasteiger charge is 2.26. The maximum atomic E-state index is 5.68. The van der Waals surface area contributed by atoms with Crippen molar-refractivity contribution in [3.05, 3.63) is 11.9 Å². The molecule has 4 nitrogen and oxygen atoms in total. The second-order valence-corrected chi connectivity index (χ2v) is 3.42. The molecule has 0 amide bonds. The van der Waals surface area contributed by atoms with E-state index in [1.165, 1.54) is 5.69 Å². The van der Waals surface area contributed by atoms with E-state index in [1.807, 2.05) is 13.2 Å². The number of nitrogens with two attached hydrogens (primary N) is 1. The first-order valence-electron chi connectivity index (χ1n) is 4.17. The predicted octanol–water partition coefficient (Wildman–Crippen LogP) is -0.124. The summed E-state index contributed by atoms with van der Waals surface area (Å²) < 4.78 is 2.09. The molecule has 4 heteroatoms. The lowest BCUT2D eigenvalue weighted by molar-refractivity contribution is 0.502. The molecule has 0 saturated carbocycles. The van der Waals surface area contributed by atoms with Crippen LogP contribution in [0.4, 0.5) is 5.95 Å². The van der Waals surface area contributed by atoms with E-state index in [4.69, 9.17) is 5.73 Å². The number of anilines is 1. The van der Waals surface area contributed by atoms with Crippen molar-refractivity contribution in [2.75, 3.05) is 18.0 Å². The van der Waals surface area contributed by atoms with Gasteiger partial charge in [-0.15, -0.1) is 0 Å². The van der Waals surface area contributed by atoms with Crippen LogP contribution in [0, 0.1) is 6.92 Å². The second kappa shape index (κ2) is 2.48. The van der Waals surface area contributed by atoms with Crippen LogP contribution in [-0.2, 0) is 7.05 Å². The van der Waals surface area contributed by atoms with Crippen LogP contribution in [-0.4, -0.2) is 28.7 Å². The molecule has 0 bridgehead atoms. The number of hydrogen-bond donors (Lipinski definition) is 1. The van der Waals surface area contributed by atoms with Crippen LogP contribution in [0.15, 0.2) is 6.20 Å².